The van der Waals surface area contributed by atoms with Crippen LogP contribution in [0.1, 0.15) is 13.3 Å². The second-order valence-electron chi connectivity index (χ2n) is 6.38. The fourth-order valence-corrected chi connectivity index (χ4v) is 2.24. The minimum Gasteiger partial charge on any atom is -0.420 e. The lowest BCUT2D eigenvalue weighted by atomic mass is 10.2. The molecule has 0 aliphatic carbocycles. The van der Waals surface area contributed by atoms with Gasteiger partial charge >= 0.3 is 5.97 Å². The lowest BCUT2D eigenvalue weighted by molar-refractivity contribution is -0.136. The van der Waals surface area contributed by atoms with Gasteiger partial charge in [0.2, 0.25) is 34.8 Å². The van der Waals surface area contributed by atoms with E-state index in [1.807, 2.05) is 6.92 Å². The summed E-state index contributed by atoms with van der Waals surface area (Å²) in [5, 5.41) is 0. The summed E-state index contributed by atoms with van der Waals surface area (Å²) in [4.78, 5) is 11.6. The molecule has 0 saturated carbocycles. The summed E-state index contributed by atoms with van der Waals surface area (Å²) in [6.45, 7) is 6.11. The fourth-order valence-electron chi connectivity index (χ4n) is 2.24. The van der Waals surface area contributed by atoms with E-state index in [2.05, 4.69) is 4.74 Å². The normalized spacial score (nSPS) is 11.2. The highest BCUT2D eigenvalue weighted by atomic mass is 19.2. The van der Waals surface area contributed by atoms with E-state index in [9.17, 15) is 26.7 Å². The van der Waals surface area contributed by atoms with Crippen molar-refractivity contribution < 1.29 is 59.9 Å². The number of benzene rings is 1. The zero-order valence-electron chi connectivity index (χ0n) is 18.8. The molecule has 0 saturated heterocycles. The van der Waals surface area contributed by atoms with Crippen LogP contribution in [0.4, 0.5) is 22.0 Å². The van der Waals surface area contributed by atoms with Crippen LogP contribution in [0.3, 0.4) is 0 Å². The van der Waals surface area contributed by atoms with Gasteiger partial charge < -0.3 is 33.2 Å². The second-order valence-corrected chi connectivity index (χ2v) is 6.38. The van der Waals surface area contributed by atoms with Crippen molar-refractivity contribution in [2.75, 3.05) is 79.3 Å². The molecule has 1 aromatic carbocycles. The average Bonchev–Trinajstić information content (AvgIpc) is 2.83. The van der Waals surface area contributed by atoms with Gasteiger partial charge in [0.25, 0.3) is 0 Å². The minimum absolute atomic E-state index is 0.0994. The van der Waals surface area contributed by atoms with Gasteiger partial charge in [0.1, 0.15) is 0 Å². The standard InChI is InChI=1S/C21H29F5O8/c1-2-28-5-6-30-9-10-32-13-14-33-12-11-31-8-7-29-4-3-15(27)34-21-19(25)17(23)16(22)18(24)20(21)26/h2-14H2,1H3. The predicted octanol–water partition coefficient (Wildman–Crippen LogP) is 2.80. The van der Waals surface area contributed by atoms with E-state index in [4.69, 9.17) is 28.4 Å². The summed E-state index contributed by atoms with van der Waals surface area (Å²) in [5.74, 6) is -14.1. The van der Waals surface area contributed by atoms with Crippen molar-refractivity contribution in [1.29, 1.82) is 0 Å². The van der Waals surface area contributed by atoms with Crippen LogP contribution in [0.5, 0.6) is 5.75 Å². The Hall–Kier alpha value is -1.90. The van der Waals surface area contributed by atoms with Crippen LogP contribution in [-0.4, -0.2) is 85.3 Å². The quantitative estimate of drug-likeness (QED) is 0.0670. The Labute approximate surface area is 194 Å². The maximum absolute atomic E-state index is 13.4. The molecule has 196 valence electrons. The summed E-state index contributed by atoms with van der Waals surface area (Å²) < 4.78 is 102. The van der Waals surface area contributed by atoms with Crippen molar-refractivity contribution in [1.82, 2.24) is 0 Å². The minimum atomic E-state index is -2.34. The molecular formula is C21H29F5O8. The third-order valence-corrected chi connectivity index (χ3v) is 3.90. The van der Waals surface area contributed by atoms with Crippen LogP contribution in [0.25, 0.3) is 0 Å². The number of ether oxygens (including phenoxy) is 7. The van der Waals surface area contributed by atoms with Crippen molar-refractivity contribution in [3.8, 4) is 5.75 Å². The van der Waals surface area contributed by atoms with Gasteiger partial charge in [-0.25, -0.2) is 13.2 Å². The molecule has 0 aromatic heterocycles. The van der Waals surface area contributed by atoms with E-state index < -0.39 is 47.2 Å². The third-order valence-electron chi connectivity index (χ3n) is 3.90. The smallest absolute Gasteiger partial charge is 0.313 e. The van der Waals surface area contributed by atoms with Gasteiger partial charge in [0.05, 0.1) is 79.1 Å². The number of carbonyl (C=O) groups is 1. The number of rotatable bonds is 20. The first-order valence-corrected chi connectivity index (χ1v) is 10.6. The van der Waals surface area contributed by atoms with E-state index in [0.717, 1.165) is 0 Å². The summed E-state index contributed by atoms with van der Waals surface area (Å²) >= 11 is 0. The van der Waals surface area contributed by atoms with Crippen LogP contribution in [0, 0.1) is 29.1 Å². The Balaban J connectivity index is 1.96. The Bertz CT molecular complexity index is 694. The molecule has 0 N–H and O–H groups in total. The zero-order chi connectivity index (χ0) is 25.2. The summed E-state index contributed by atoms with van der Waals surface area (Å²) in [5.41, 5.74) is 0. The molecule has 0 aliphatic rings. The number of carbonyl (C=O) groups excluding carboxylic acids is 1. The Morgan fingerprint density at radius 2 is 0.853 bits per heavy atom. The van der Waals surface area contributed by atoms with Gasteiger partial charge in [-0.05, 0) is 6.92 Å². The fraction of sp³-hybridized carbons (Fsp3) is 0.667. The van der Waals surface area contributed by atoms with Crippen LogP contribution >= 0.6 is 0 Å². The van der Waals surface area contributed by atoms with E-state index in [0.29, 0.717) is 59.5 Å². The molecule has 0 spiro atoms. The van der Waals surface area contributed by atoms with Crippen molar-refractivity contribution in [2.24, 2.45) is 0 Å². The molecule has 0 heterocycles. The first kappa shape index (κ1) is 30.1. The maximum atomic E-state index is 13.4. The molecule has 8 nitrogen and oxygen atoms in total. The van der Waals surface area contributed by atoms with E-state index in [1.54, 1.807) is 0 Å². The topological polar surface area (TPSA) is 81.7 Å². The molecule has 0 amide bonds. The molecule has 0 atom stereocenters. The molecular weight excluding hydrogens is 475 g/mol. The highest BCUT2D eigenvalue weighted by Crippen LogP contribution is 2.29. The first-order chi connectivity index (χ1) is 16.4. The molecule has 13 heteroatoms. The molecule has 1 rings (SSSR count). The first-order valence-electron chi connectivity index (χ1n) is 10.6. The van der Waals surface area contributed by atoms with Crippen molar-refractivity contribution in [3.63, 3.8) is 0 Å². The Morgan fingerprint density at radius 3 is 1.24 bits per heavy atom. The van der Waals surface area contributed by atoms with Crippen LogP contribution in [0.15, 0.2) is 0 Å². The van der Waals surface area contributed by atoms with E-state index in [-0.39, 0.29) is 19.8 Å². The van der Waals surface area contributed by atoms with Crippen molar-refractivity contribution >= 4 is 5.97 Å². The lowest BCUT2D eigenvalue weighted by Crippen LogP contribution is -2.16. The van der Waals surface area contributed by atoms with E-state index >= 15 is 0 Å². The van der Waals surface area contributed by atoms with Crippen molar-refractivity contribution in [2.45, 2.75) is 13.3 Å². The lowest BCUT2D eigenvalue weighted by Gasteiger charge is -2.09. The average molecular weight is 504 g/mol. The van der Waals surface area contributed by atoms with E-state index in [1.165, 1.54) is 0 Å². The van der Waals surface area contributed by atoms with Gasteiger partial charge in [-0.3, -0.25) is 4.79 Å². The molecule has 1 aromatic rings. The highest BCUT2D eigenvalue weighted by molar-refractivity contribution is 5.72. The SMILES string of the molecule is CCOCCOCCOCCOCCOCCOCCC(=O)Oc1c(F)c(F)c(F)c(F)c1F. The predicted molar refractivity (Wildman–Crippen MR) is 107 cm³/mol. The number of halogens is 5. The number of hydrogen-bond donors (Lipinski definition) is 0. The molecule has 0 aliphatic heterocycles. The Morgan fingerprint density at radius 1 is 0.529 bits per heavy atom. The van der Waals surface area contributed by atoms with Gasteiger partial charge in [0, 0.05) is 6.61 Å². The zero-order valence-corrected chi connectivity index (χ0v) is 18.8. The number of hydrogen-bond acceptors (Lipinski definition) is 8. The molecule has 0 unspecified atom stereocenters. The third kappa shape index (κ3) is 12.0. The molecule has 0 bridgehead atoms. The van der Waals surface area contributed by atoms with Gasteiger partial charge in [-0.2, -0.15) is 8.78 Å². The maximum Gasteiger partial charge on any atom is 0.313 e. The molecule has 34 heavy (non-hydrogen) atoms. The van der Waals surface area contributed by atoms with Gasteiger partial charge in [0.15, 0.2) is 0 Å². The largest absolute Gasteiger partial charge is 0.420 e. The van der Waals surface area contributed by atoms with Crippen LogP contribution in [0.2, 0.25) is 0 Å². The van der Waals surface area contributed by atoms with Gasteiger partial charge in [-0.1, -0.05) is 0 Å². The summed E-state index contributed by atoms with van der Waals surface area (Å²) in [6.07, 6.45) is -0.472. The summed E-state index contributed by atoms with van der Waals surface area (Å²) in [6, 6.07) is 0. The monoisotopic (exact) mass is 504 g/mol. The highest BCUT2D eigenvalue weighted by Gasteiger charge is 2.28. The van der Waals surface area contributed by atoms with Crippen LogP contribution < -0.4 is 4.74 Å². The number of esters is 1. The second kappa shape index (κ2) is 18.4. The Kier molecular flexibility index (Phi) is 16.3. The summed E-state index contributed by atoms with van der Waals surface area (Å²) in [7, 11) is 0. The van der Waals surface area contributed by atoms with Crippen molar-refractivity contribution in [3.05, 3.63) is 29.1 Å². The van der Waals surface area contributed by atoms with Crippen LogP contribution in [-0.2, 0) is 33.2 Å². The molecule has 0 radical (unpaired) electrons. The molecule has 0 fully saturated rings. The van der Waals surface area contributed by atoms with Gasteiger partial charge in [-0.15, -0.1) is 0 Å².